The van der Waals surface area contributed by atoms with Gasteiger partial charge >= 0.3 is 0 Å². The number of ether oxygens (including phenoxy) is 1. The summed E-state index contributed by atoms with van der Waals surface area (Å²) in [6.07, 6.45) is 0.569. The molecule has 0 spiro atoms. The van der Waals surface area contributed by atoms with Crippen molar-refractivity contribution in [3.8, 4) is 0 Å². The molecule has 1 amide bonds. The van der Waals surface area contributed by atoms with Gasteiger partial charge in [0, 0.05) is 51.9 Å². The SMILES string of the molecule is COCCNCc1ccc(N2CCNC(=O)CC2)c(C)c1. The smallest absolute Gasteiger partial charge is 0.221 e. The third kappa shape index (κ3) is 4.72. The second-order valence-electron chi connectivity index (χ2n) is 5.38. The lowest BCUT2D eigenvalue weighted by Crippen LogP contribution is -2.29. The Morgan fingerprint density at radius 2 is 2.24 bits per heavy atom. The summed E-state index contributed by atoms with van der Waals surface area (Å²) in [5.41, 5.74) is 3.76. The molecule has 5 heteroatoms. The van der Waals surface area contributed by atoms with Crippen molar-refractivity contribution in [1.82, 2.24) is 10.6 Å². The van der Waals surface area contributed by atoms with E-state index in [4.69, 9.17) is 4.74 Å². The fraction of sp³-hybridized carbons (Fsp3) is 0.562. The molecule has 21 heavy (non-hydrogen) atoms. The van der Waals surface area contributed by atoms with Crippen LogP contribution in [0.15, 0.2) is 18.2 Å². The predicted molar refractivity (Wildman–Crippen MR) is 84.6 cm³/mol. The van der Waals surface area contributed by atoms with Gasteiger partial charge in [-0.25, -0.2) is 0 Å². The Labute approximate surface area is 126 Å². The molecule has 1 saturated heterocycles. The zero-order valence-corrected chi connectivity index (χ0v) is 12.9. The van der Waals surface area contributed by atoms with E-state index in [0.29, 0.717) is 6.42 Å². The summed E-state index contributed by atoms with van der Waals surface area (Å²) < 4.78 is 5.02. The molecule has 1 aromatic carbocycles. The number of carbonyl (C=O) groups is 1. The Morgan fingerprint density at radius 3 is 3.00 bits per heavy atom. The van der Waals surface area contributed by atoms with E-state index < -0.39 is 0 Å². The Hall–Kier alpha value is -1.59. The molecule has 2 rings (SSSR count). The number of carbonyl (C=O) groups excluding carboxylic acids is 1. The van der Waals surface area contributed by atoms with Gasteiger partial charge in [0.25, 0.3) is 0 Å². The summed E-state index contributed by atoms with van der Waals surface area (Å²) in [6.45, 7) is 6.95. The Kier molecular flexibility index (Phi) is 6.02. The summed E-state index contributed by atoms with van der Waals surface area (Å²) in [4.78, 5) is 13.7. The molecular weight excluding hydrogens is 266 g/mol. The van der Waals surface area contributed by atoms with E-state index in [1.54, 1.807) is 7.11 Å². The average molecular weight is 291 g/mol. The number of rotatable bonds is 6. The zero-order valence-electron chi connectivity index (χ0n) is 12.9. The molecule has 0 bridgehead atoms. The van der Waals surface area contributed by atoms with Gasteiger partial charge in [-0.15, -0.1) is 0 Å². The number of aryl methyl sites for hydroxylation is 1. The van der Waals surface area contributed by atoms with Crippen LogP contribution in [0.25, 0.3) is 0 Å². The lowest BCUT2D eigenvalue weighted by Gasteiger charge is -2.24. The van der Waals surface area contributed by atoms with Crippen LogP contribution in [0, 0.1) is 6.92 Å². The highest BCUT2D eigenvalue weighted by molar-refractivity contribution is 5.77. The van der Waals surface area contributed by atoms with Crippen molar-refractivity contribution in [1.29, 1.82) is 0 Å². The minimum Gasteiger partial charge on any atom is -0.383 e. The highest BCUT2D eigenvalue weighted by atomic mass is 16.5. The van der Waals surface area contributed by atoms with Crippen LogP contribution < -0.4 is 15.5 Å². The number of nitrogens with zero attached hydrogens (tertiary/aromatic N) is 1. The van der Waals surface area contributed by atoms with Crippen LogP contribution in [0.4, 0.5) is 5.69 Å². The number of nitrogens with one attached hydrogen (secondary N) is 2. The van der Waals surface area contributed by atoms with Gasteiger partial charge in [0.2, 0.25) is 5.91 Å². The maximum Gasteiger partial charge on any atom is 0.221 e. The second-order valence-corrected chi connectivity index (χ2v) is 5.38. The summed E-state index contributed by atoms with van der Waals surface area (Å²) in [5, 5.41) is 6.26. The van der Waals surface area contributed by atoms with Crippen molar-refractivity contribution in [2.24, 2.45) is 0 Å². The van der Waals surface area contributed by atoms with Crippen LogP contribution in [0.1, 0.15) is 17.5 Å². The molecule has 1 aliphatic rings. The first-order valence-corrected chi connectivity index (χ1v) is 7.51. The van der Waals surface area contributed by atoms with E-state index in [2.05, 4.69) is 40.7 Å². The Morgan fingerprint density at radius 1 is 1.38 bits per heavy atom. The Balaban J connectivity index is 1.96. The summed E-state index contributed by atoms with van der Waals surface area (Å²) >= 11 is 0. The second kappa shape index (κ2) is 8.00. The quantitative estimate of drug-likeness (QED) is 0.770. The topological polar surface area (TPSA) is 53.6 Å². The van der Waals surface area contributed by atoms with Crippen LogP contribution in [-0.2, 0) is 16.1 Å². The molecule has 0 saturated carbocycles. The number of hydrogen-bond donors (Lipinski definition) is 2. The maximum absolute atomic E-state index is 11.4. The normalized spacial score (nSPS) is 15.7. The molecule has 0 unspecified atom stereocenters. The minimum atomic E-state index is 0.147. The van der Waals surface area contributed by atoms with Gasteiger partial charge in [-0.2, -0.15) is 0 Å². The van der Waals surface area contributed by atoms with E-state index in [1.807, 2.05) is 0 Å². The lowest BCUT2D eigenvalue weighted by molar-refractivity contribution is -0.120. The number of anilines is 1. The van der Waals surface area contributed by atoms with Crippen molar-refractivity contribution in [2.45, 2.75) is 19.9 Å². The third-order valence-electron chi connectivity index (χ3n) is 3.73. The van der Waals surface area contributed by atoms with Gasteiger partial charge in [-0.3, -0.25) is 4.79 Å². The molecular formula is C16H25N3O2. The highest BCUT2D eigenvalue weighted by Gasteiger charge is 2.15. The average Bonchev–Trinajstić information content (AvgIpc) is 2.69. The Bertz CT molecular complexity index is 477. The number of hydrogen-bond acceptors (Lipinski definition) is 4. The third-order valence-corrected chi connectivity index (χ3v) is 3.73. The van der Waals surface area contributed by atoms with Crippen molar-refractivity contribution in [3.63, 3.8) is 0 Å². The number of benzene rings is 1. The van der Waals surface area contributed by atoms with Crippen molar-refractivity contribution in [3.05, 3.63) is 29.3 Å². The van der Waals surface area contributed by atoms with E-state index in [-0.39, 0.29) is 5.91 Å². The van der Waals surface area contributed by atoms with Gasteiger partial charge < -0.3 is 20.3 Å². The molecule has 0 radical (unpaired) electrons. The molecule has 116 valence electrons. The first kappa shape index (κ1) is 15.8. The van der Waals surface area contributed by atoms with E-state index >= 15 is 0 Å². The van der Waals surface area contributed by atoms with Crippen molar-refractivity contribution in [2.75, 3.05) is 44.8 Å². The van der Waals surface area contributed by atoms with Crippen LogP contribution in [0.2, 0.25) is 0 Å². The summed E-state index contributed by atoms with van der Waals surface area (Å²) in [7, 11) is 1.71. The number of amides is 1. The van der Waals surface area contributed by atoms with Crippen molar-refractivity contribution >= 4 is 11.6 Å². The molecule has 2 N–H and O–H groups in total. The van der Waals surface area contributed by atoms with Crippen LogP contribution in [0.5, 0.6) is 0 Å². The van der Waals surface area contributed by atoms with Crippen LogP contribution in [-0.4, -0.2) is 45.8 Å². The molecule has 1 aromatic rings. The molecule has 0 aliphatic carbocycles. The standard InChI is InChI=1S/C16H25N3O2/c1-13-11-14(12-17-7-10-21-2)3-4-15(13)19-8-5-16(20)18-6-9-19/h3-4,11,17H,5-10,12H2,1-2H3,(H,18,20). The largest absolute Gasteiger partial charge is 0.383 e. The lowest BCUT2D eigenvalue weighted by atomic mass is 10.1. The van der Waals surface area contributed by atoms with E-state index in [9.17, 15) is 4.79 Å². The highest BCUT2D eigenvalue weighted by Crippen LogP contribution is 2.22. The first-order valence-electron chi connectivity index (χ1n) is 7.51. The van der Waals surface area contributed by atoms with Crippen LogP contribution >= 0.6 is 0 Å². The molecule has 0 atom stereocenters. The molecule has 5 nitrogen and oxygen atoms in total. The predicted octanol–water partition coefficient (Wildman–Crippen LogP) is 1.06. The van der Waals surface area contributed by atoms with Crippen molar-refractivity contribution < 1.29 is 9.53 Å². The molecule has 1 heterocycles. The fourth-order valence-electron chi connectivity index (χ4n) is 2.60. The van der Waals surface area contributed by atoms with Crippen LogP contribution in [0.3, 0.4) is 0 Å². The van der Waals surface area contributed by atoms with E-state index in [1.165, 1.54) is 16.8 Å². The minimum absolute atomic E-state index is 0.147. The first-order chi connectivity index (χ1) is 10.2. The monoisotopic (exact) mass is 291 g/mol. The summed E-state index contributed by atoms with van der Waals surface area (Å²) in [5.74, 6) is 0.147. The fourth-order valence-corrected chi connectivity index (χ4v) is 2.60. The van der Waals surface area contributed by atoms with Gasteiger partial charge in [0.1, 0.15) is 0 Å². The number of methoxy groups -OCH3 is 1. The zero-order chi connectivity index (χ0) is 15.1. The van der Waals surface area contributed by atoms with Gasteiger partial charge in [0.15, 0.2) is 0 Å². The molecule has 1 aliphatic heterocycles. The van der Waals surface area contributed by atoms with Gasteiger partial charge in [-0.05, 0) is 24.1 Å². The maximum atomic E-state index is 11.4. The summed E-state index contributed by atoms with van der Waals surface area (Å²) in [6, 6.07) is 6.54. The van der Waals surface area contributed by atoms with E-state index in [0.717, 1.165) is 39.3 Å². The van der Waals surface area contributed by atoms with Gasteiger partial charge in [0.05, 0.1) is 6.61 Å². The molecule has 0 aromatic heterocycles. The van der Waals surface area contributed by atoms with Gasteiger partial charge in [-0.1, -0.05) is 12.1 Å². The molecule has 1 fully saturated rings.